The lowest BCUT2D eigenvalue weighted by atomic mass is 9.85. The molecule has 0 bridgehead atoms. The molecule has 1 aromatic carbocycles. The number of sulfonamides is 1. The van der Waals surface area contributed by atoms with Crippen molar-refractivity contribution in [2.75, 3.05) is 32.2 Å². The van der Waals surface area contributed by atoms with Gasteiger partial charge in [-0.1, -0.05) is 6.42 Å². The van der Waals surface area contributed by atoms with E-state index in [9.17, 15) is 16.8 Å². The Hall–Kier alpha value is -1.12. The molecule has 1 N–H and O–H groups in total. The molecular formula is C14H22N2O4S2. The second-order valence-electron chi connectivity index (χ2n) is 5.90. The van der Waals surface area contributed by atoms with Gasteiger partial charge in [0.05, 0.1) is 10.6 Å². The Morgan fingerprint density at radius 2 is 1.82 bits per heavy atom. The molecule has 0 aromatic heterocycles. The molecule has 124 valence electrons. The van der Waals surface area contributed by atoms with E-state index in [0.717, 1.165) is 23.4 Å². The van der Waals surface area contributed by atoms with E-state index < -0.39 is 19.9 Å². The monoisotopic (exact) mass is 346 g/mol. The van der Waals surface area contributed by atoms with Crippen LogP contribution in [0.15, 0.2) is 28.0 Å². The normalized spacial score (nSPS) is 16.5. The van der Waals surface area contributed by atoms with Crippen LogP contribution in [0.1, 0.15) is 19.3 Å². The Bertz CT molecular complexity index is 751. The summed E-state index contributed by atoms with van der Waals surface area (Å²) in [5.41, 5.74) is 0.452. The Labute approximate surface area is 132 Å². The van der Waals surface area contributed by atoms with Crippen LogP contribution in [0.2, 0.25) is 0 Å². The fourth-order valence-electron chi connectivity index (χ4n) is 2.24. The summed E-state index contributed by atoms with van der Waals surface area (Å²) in [6, 6.07) is 4.20. The second-order valence-corrected chi connectivity index (χ2v) is 10.0. The van der Waals surface area contributed by atoms with Crippen LogP contribution in [0.4, 0.5) is 5.69 Å². The fourth-order valence-corrected chi connectivity index (χ4v) is 4.05. The van der Waals surface area contributed by atoms with Crippen LogP contribution in [0, 0.1) is 5.92 Å². The molecule has 0 unspecified atom stereocenters. The maximum atomic E-state index is 12.5. The molecular weight excluding hydrogens is 324 g/mol. The summed E-state index contributed by atoms with van der Waals surface area (Å²) < 4.78 is 49.4. The zero-order valence-corrected chi connectivity index (χ0v) is 14.7. The molecule has 0 spiro atoms. The van der Waals surface area contributed by atoms with Gasteiger partial charge in [0.25, 0.3) is 0 Å². The first-order valence-corrected chi connectivity index (χ1v) is 10.5. The van der Waals surface area contributed by atoms with Gasteiger partial charge in [-0.3, -0.25) is 0 Å². The Morgan fingerprint density at radius 3 is 2.27 bits per heavy atom. The molecule has 0 amide bonds. The average molecular weight is 346 g/mol. The summed E-state index contributed by atoms with van der Waals surface area (Å²) in [6.45, 7) is 0.703. The summed E-state index contributed by atoms with van der Waals surface area (Å²) in [5.74, 6) is 0.560. The smallest absolute Gasteiger partial charge is 0.244 e. The number of nitrogens with one attached hydrogen (secondary N) is 1. The molecule has 0 atom stereocenters. The Morgan fingerprint density at radius 1 is 1.18 bits per heavy atom. The Kier molecular flexibility index (Phi) is 4.84. The number of hydrogen-bond donors (Lipinski definition) is 1. The standard InChI is InChI=1S/C14H22N2O4S2/c1-16(2)22(19,20)14-9-12(21(3,17)18)7-8-13(14)15-10-11-5-4-6-11/h7-9,11,15H,4-6,10H2,1-3H3. The molecule has 8 heteroatoms. The van der Waals surface area contributed by atoms with Crippen LogP contribution in [0.5, 0.6) is 0 Å². The predicted octanol–water partition coefficient (Wildman–Crippen LogP) is 1.55. The average Bonchev–Trinajstić information content (AvgIpc) is 2.35. The SMILES string of the molecule is CN(C)S(=O)(=O)c1cc(S(C)(=O)=O)ccc1NCC1CCC1. The van der Waals surface area contributed by atoms with E-state index in [4.69, 9.17) is 0 Å². The number of benzene rings is 1. The third-order valence-corrected chi connectivity index (χ3v) is 6.91. The minimum Gasteiger partial charge on any atom is -0.384 e. The third kappa shape index (κ3) is 3.61. The van der Waals surface area contributed by atoms with Crippen LogP contribution >= 0.6 is 0 Å². The number of anilines is 1. The van der Waals surface area contributed by atoms with Gasteiger partial charge in [0, 0.05) is 26.9 Å². The zero-order chi connectivity index (χ0) is 16.5. The van der Waals surface area contributed by atoms with Crippen molar-refractivity contribution in [3.63, 3.8) is 0 Å². The second kappa shape index (κ2) is 6.17. The molecule has 2 rings (SSSR count). The lowest BCUT2D eigenvalue weighted by Gasteiger charge is -2.26. The first-order valence-electron chi connectivity index (χ1n) is 7.13. The summed E-state index contributed by atoms with van der Waals surface area (Å²) in [6.07, 6.45) is 4.56. The predicted molar refractivity (Wildman–Crippen MR) is 86.3 cm³/mol. The van der Waals surface area contributed by atoms with E-state index in [1.165, 1.54) is 38.7 Å². The quantitative estimate of drug-likeness (QED) is 0.845. The highest BCUT2D eigenvalue weighted by atomic mass is 32.2. The van der Waals surface area contributed by atoms with Crippen LogP contribution in [-0.4, -0.2) is 48.0 Å². The summed E-state index contributed by atoms with van der Waals surface area (Å²) in [5, 5.41) is 3.15. The third-order valence-electron chi connectivity index (χ3n) is 3.95. The van der Waals surface area contributed by atoms with Gasteiger partial charge in [0.2, 0.25) is 10.0 Å². The number of rotatable bonds is 6. The molecule has 1 aromatic rings. The number of sulfone groups is 1. The molecule has 22 heavy (non-hydrogen) atoms. The maximum absolute atomic E-state index is 12.5. The highest BCUT2D eigenvalue weighted by molar-refractivity contribution is 7.91. The van der Waals surface area contributed by atoms with Crippen molar-refractivity contribution < 1.29 is 16.8 Å². The molecule has 1 saturated carbocycles. The highest BCUT2D eigenvalue weighted by Gasteiger charge is 2.25. The van der Waals surface area contributed by atoms with Gasteiger partial charge in [0.1, 0.15) is 4.90 Å². The zero-order valence-electron chi connectivity index (χ0n) is 13.0. The molecule has 0 heterocycles. The molecule has 1 fully saturated rings. The molecule has 1 aliphatic rings. The number of nitrogens with zero attached hydrogens (tertiary/aromatic N) is 1. The van der Waals surface area contributed by atoms with Gasteiger partial charge in [-0.05, 0) is 37.0 Å². The van der Waals surface area contributed by atoms with Gasteiger partial charge in [-0.15, -0.1) is 0 Å². The summed E-state index contributed by atoms with van der Waals surface area (Å²) >= 11 is 0. The van der Waals surface area contributed by atoms with E-state index in [-0.39, 0.29) is 9.79 Å². The molecule has 0 saturated heterocycles. The van der Waals surface area contributed by atoms with E-state index in [0.29, 0.717) is 18.2 Å². The summed E-state index contributed by atoms with van der Waals surface area (Å²) in [4.78, 5) is 0.00173. The first kappa shape index (κ1) is 17.2. The van der Waals surface area contributed by atoms with E-state index in [1.807, 2.05) is 0 Å². The van der Waals surface area contributed by atoms with Crippen molar-refractivity contribution in [2.45, 2.75) is 29.1 Å². The fraction of sp³-hybridized carbons (Fsp3) is 0.571. The van der Waals surface area contributed by atoms with Crippen LogP contribution in [0.3, 0.4) is 0 Å². The van der Waals surface area contributed by atoms with Crippen molar-refractivity contribution in [3.05, 3.63) is 18.2 Å². The van der Waals surface area contributed by atoms with Crippen LogP contribution < -0.4 is 5.32 Å². The van der Waals surface area contributed by atoms with E-state index in [1.54, 1.807) is 0 Å². The molecule has 0 radical (unpaired) electrons. The van der Waals surface area contributed by atoms with Crippen LogP contribution in [0.25, 0.3) is 0 Å². The van der Waals surface area contributed by atoms with E-state index in [2.05, 4.69) is 5.32 Å². The highest BCUT2D eigenvalue weighted by Crippen LogP contribution is 2.30. The summed E-state index contributed by atoms with van der Waals surface area (Å²) in [7, 11) is -4.33. The lowest BCUT2D eigenvalue weighted by Crippen LogP contribution is -2.25. The van der Waals surface area contributed by atoms with Crippen molar-refractivity contribution in [3.8, 4) is 0 Å². The molecule has 6 nitrogen and oxygen atoms in total. The van der Waals surface area contributed by atoms with Crippen molar-refractivity contribution in [1.29, 1.82) is 0 Å². The van der Waals surface area contributed by atoms with Gasteiger partial charge in [-0.25, -0.2) is 21.1 Å². The number of hydrogen-bond acceptors (Lipinski definition) is 5. The maximum Gasteiger partial charge on any atom is 0.244 e. The van der Waals surface area contributed by atoms with Crippen molar-refractivity contribution in [2.24, 2.45) is 5.92 Å². The van der Waals surface area contributed by atoms with Gasteiger partial charge in [0.15, 0.2) is 9.84 Å². The van der Waals surface area contributed by atoms with Crippen molar-refractivity contribution >= 4 is 25.5 Å². The topological polar surface area (TPSA) is 83.6 Å². The van der Waals surface area contributed by atoms with Crippen LogP contribution in [-0.2, 0) is 19.9 Å². The van der Waals surface area contributed by atoms with Gasteiger partial charge >= 0.3 is 0 Å². The lowest BCUT2D eigenvalue weighted by molar-refractivity contribution is 0.333. The van der Waals surface area contributed by atoms with Crippen molar-refractivity contribution in [1.82, 2.24) is 4.31 Å². The first-order chi connectivity index (χ1) is 10.1. The minimum absolute atomic E-state index is 0.000233. The molecule has 1 aliphatic carbocycles. The van der Waals surface area contributed by atoms with Gasteiger partial charge in [-0.2, -0.15) is 0 Å². The molecule has 0 aliphatic heterocycles. The minimum atomic E-state index is -3.72. The van der Waals surface area contributed by atoms with E-state index >= 15 is 0 Å². The Balaban J connectivity index is 2.43. The largest absolute Gasteiger partial charge is 0.384 e. The van der Waals surface area contributed by atoms with Gasteiger partial charge < -0.3 is 5.32 Å².